The summed E-state index contributed by atoms with van der Waals surface area (Å²) in [6, 6.07) is 12.4. The van der Waals surface area contributed by atoms with Crippen molar-refractivity contribution in [2.45, 2.75) is 45.2 Å². The molecular formula is C22H26N2O2S. The van der Waals surface area contributed by atoms with Crippen molar-refractivity contribution >= 4 is 23.2 Å². The molecule has 2 aromatic rings. The fraction of sp³-hybridized carbons (Fsp3) is 0.455. The molecule has 1 atom stereocenters. The third-order valence-electron chi connectivity index (χ3n) is 5.54. The van der Waals surface area contributed by atoms with Gasteiger partial charge in [-0.05, 0) is 55.7 Å². The van der Waals surface area contributed by atoms with E-state index >= 15 is 0 Å². The lowest BCUT2D eigenvalue weighted by Crippen LogP contribution is -2.49. The summed E-state index contributed by atoms with van der Waals surface area (Å²) in [5.74, 6) is 0.321. The van der Waals surface area contributed by atoms with Crippen molar-refractivity contribution in [3.63, 3.8) is 0 Å². The second-order valence-electron chi connectivity index (χ2n) is 7.78. The van der Waals surface area contributed by atoms with Gasteiger partial charge in [0, 0.05) is 23.4 Å². The van der Waals surface area contributed by atoms with Gasteiger partial charge in [-0.15, -0.1) is 11.3 Å². The molecule has 2 amide bonds. The molecule has 0 radical (unpaired) electrons. The molecule has 142 valence electrons. The molecule has 2 aliphatic rings. The van der Waals surface area contributed by atoms with Gasteiger partial charge >= 0.3 is 0 Å². The first-order chi connectivity index (χ1) is 13.1. The number of thiophene rings is 1. The van der Waals surface area contributed by atoms with Crippen molar-refractivity contribution in [3.8, 4) is 0 Å². The fourth-order valence-electron chi connectivity index (χ4n) is 3.90. The van der Waals surface area contributed by atoms with Crippen molar-refractivity contribution in [3.05, 3.63) is 57.8 Å². The second kappa shape index (κ2) is 7.47. The lowest BCUT2D eigenvalue weighted by Gasteiger charge is -2.38. The van der Waals surface area contributed by atoms with Crippen molar-refractivity contribution in [2.75, 3.05) is 13.1 Å². The first-order valence-corrected chi connectivity index (χ1v) is 10.7. The quantitative estimate of drug-likeness (QED) is 0.788. The maximum atomic E-state index is 13.3. The molecule has 1 saturated carbocycles. The molecule has 0 saturated heterocycles. The number of carbonyl (C=O) groups excluding carboxylic acids is 2. The molecule has 1 aromatic carbocycles. The number of fused-ring (bicyclic) bond motifs is 1. The molecule has 4 nitrogen and oxygen atoms in total. The first kappa shape index (κ1) is 18.2. The Morgan fingerprint density at radius 3 is 2.59 bits per heavy atom. The van der Waals surface area contributed by atoms with Gasteiger partial charge in [0.15, 0.2) is 0 Å². The summed E-state index contributed by atoms with van der Waals surface area (Å²) in [6.07, 6.45) is 2.82. The minimum Gasteiger partial charge on any atom is -0.331 e. The van der Waals surface area contributed by atoms with Gasteiger partial charge < -0.3 is 9.80 Å². The maximum absolute atomic E-state index is 13.3. The van der Waals surface area contributed by atoms with E-state index in [0.717, 1.165) is 24.8 Å². The summed E-state index contributed by atoms with van der Waals surface area (Å²) in [5, 5.41) is 2.12. The summed E-state index contributed by atoms with van der Waals surface area (Å²) in [7, 11) is 0. The highest BCUT2D eigenvalue weighted by Gasteiger charge is 2.38. The van der Waals surface area contributed by atoms with Crippen LogP contribution < -0.4 is 0 Å². The monoisotopic (exact) mass is 382 g/mol. The van der Waals surface area contributed by atoms with Gasteiger partial charge in [0.25, 0.3) is 0 Å². The van der Waals surface area contributed by atoms with E-state index in [9.17, 15) is 9.59 Å². The predicted octanol–water partition coefficient (Wildman–Crippen LogP) is 3.87. The number of benzene rings is 1. The average molecular weight is 383 g/mol. The normalized spacial score (nSPS) is 19.1. The Kier molecular flexibility index (Phi) is 5.04. The van der Waals surface area contributed by atoms with Crippen molar-refractivity contribution in [1.29, 1.82) is 0 Å². The maximum Gasteiger partial charge on any atom is 0.243 e. The zero-order valence-electron chi connectivity index (χ0n) is 15.9. The van der Waals surface area contributed by atoms with Crippen molar-refractivity contribution in [1.82, 2.24) is 9.80 Å². The number of hydrogen-bond donors (Lipinski definition) is 0. The third kappa shape index (κ3) is 3.65. The van der Waals surface area contributed by atoms with Gasteiger partial charge in [0.2, 0.25) is 11.8 Å². The van der Waals surface area contributed by atoms with Crippen molar-refractivity contribution < 1.29 is 9.59 Å². The van der Waals surface area contributed by atoms with E-state index in [0.29, 0.717) is 6.54 Å². The van der Waals surface area contributed by atoms with Gasteiger partial charge in [-0.2, -0.15) is 0 Å². The Bertz CT molecular complexity index is 826. The lowest BCUT2D eigenvalue weighted by molar-refractivity contribution is -0.143. The Balaban J connectivity index is 1.61. The van der Waals surface area contributed by atoms with Crippen LogP contribution in [-0.2, 0) is 16.0 Å². The van der Waals surface area contributed by atoms with Crippen LogP contribution in [0.5, 0.6) is 0 Å². The molecule has 0 bridgehead atoms. The van der Waals surface area contributed by atoms with E-state index in [1.54, 1.807) is 16.2 Å². The van der Waals surface area contributed by atoms with E-state index in [4.69, 9.17) is 0 Å². The lowest BCUT2D eigenvalue weighted by atomic mass is 9.93. The van der Waals surface area contributed by atoms with E-state index in [-0.39, 0.29) is 36.4 Å². The van der Waals surface area contributed by atoms with E-state index in [2.05, 4.69) is 23.6 Å². The van der Waals surface area contributed by atoms with Crippen LogP contribution in [0.15, 0.2) is 41.8 Å². The molecule has 5 heteroatoms. The van der Waals surface area contributed by atoms with E-state index in [1.807, 2.05) is 36.9 Å². The summed E-state index contributed by atoms with van der Waals surface area (Å²) in [6.45, 7) is 4.87. The third-order valence-corrected chi connectivity index (χ3v) is 6.54. The highest BCUT2D eigenvalue weighted by atomic mass is 32.1. The van der Waals surface area contributed by atoms with Crippen LogP contribution in [0.4, 0.5) is 0 Å². The van der Waals surface area contributed by atoms with Crippen LogP contribution in [0, 0.1) is 5.92 Å². The Morgan fingerprint density at radius 1 is 1.19 bits per heavy atom. The number of nitrogens with zero attached hydrogens (tertiary/aromatic N) is 2. The SMILES string of the molecule is CC(C)N(CC(=O)N1CCc2sccc2[C@@H]1c1ccccc1)C(=O)C1CC1. The molecule has 27 heavy (non-hydrogen) atoms. The van der Waals surface area contributed by atoms with Crippen LogP contribution in [0.1, 0.15) is 48.7 Å². The molecule has 0 N–H and O–H groups in total. The van der Waals surface area contributed by atoms with Crippen LogP contribution in [0.3, 0.4) is 0 Å². The Labute approximate surface area is 164 Å². The fourth-order valence-corrected chi connectivity index (χ4v) is 4.80. The van der Waals surface area contributed by atoms with Gasteiger partial charge in [-0.1, -0.05) is 30.3 Å². The summed E-state index contributed by atoms with van der Waals surface area (Å²) in [5.41, 5.74) is 2.37. The van der Waals surface area contributed by atoms with E-state index < -0.39 is 0 Å². The summed E-state index contributed by atoms with van der Waals surface area (Å²) >= 11 is 1.77. The van der Waals surface area contributed by atoms with Gasteiger partial charge in [-0.25, -0.2) is 0 Å². The largest absolute Gasteiger partial charge is 0.331 e. The first-order valence-electron chi connectivity index (χ1n) is 9.77. The van der Waals surface area contributed by atoms with Crippen LogP contribution in [0.25, 0.3) is 0 Å². The van der Waals surface area contributed by atoms with Gasteiger partial charge in [-0.3, -0.25) is 9.59 Å². The number of hydrogen-bond acceptors (Lipinski definition) is 3. The average Bonchev–Trinajstić information content (AvgIpc) is 3.42. The predicted molar refractivity (Wildman–Crippen MR) is 108 cm³/mol. The standard InChI is InChI=1S/C22H26N2O2S/c1-15(2)24(22(26)17-8-9-17)14-20(25)23-12-10-19-18(11-13-27-19)21(23)16-6-4-3-5-7-16/h3-7,11,13,15,17,21H,8-10,12,14H2,1-2H3/t21-/m0/s1. The topological polar surface area (TPSA) is 40.6 Å². The molecule has 4 rings (SSSR count). The van der Waals surface area contributed by atoms with Gasteiger partial charge in [0.05, 0.1) is 6.04 Å². The zero-order chi connectivity index (χ0) is 19.0. The molecule has 1 fully saturated rings. The second-order valence-corrected chi connectivity index (χ2v) is 8.78. The van der Waals surface area contributed by atoms with Crippen LogP contribution >= 0.6 is 11.3 Å². The number of carbonyl (C=O) groups is 2. The molecule has 0 spiro atoms. The Morgan fingerprint density at radius 2 is 1.93 bits per heavy atom. The smallest absolute Gasteiger partial charge is 0.243 e. The van der Waals surface area contributed by atoms with E-state index in [1.165, 1.54) is 10.4 Å². The molecule has 0 unspecified atom stereocenters. The zero-order valence-corrected chi connectivity index (χ0v) is 16.7. The van der Waals surface area contributed by atoms with Gasteiger partial charge in [0.1, 0.15) is 6.54 Å². The molecule has 1 aliphatic heterocycles. The molecule has 1 aliphatic carbocycles. The summed E-state index contributed by atoms with van der Waals surface area (Å²) in [4.78, 5) is 31.0. The minimum absolute atomic E-state index is 0.0405. The molecular weight excluding hydrogens is 356 g/mol. The minimum atomic E-state index is -0.0567. The highest BCUT2D eigenvalue weighted by Crippen LogP contribution is 2.38. The van der Waals surface area contributed by atoms with Crippen LogP contribution in [-0.4, -0.2) is 40.7 Å². The number of rotatable bonds is 5. The molecule has 2 heterocycles. The Hall–Kier alpha value is -2.14. The number of amides is 2. The van der Waals surface area contributed by atoms with Crippen molar-refractivity contribution in [2.24, 2.45) is 5.92 Å². The highest BCUT2D eigenvalue weighted by molar-refractivity contribution is 7.10. The van der Waals surface area contributed by atoms with Crippen LogP contribution in [0.2, 0.25) is 0 Å². The molecule has 1 aromatic heterocycles. The summed E-state index contributed by atoms with van der Waals surface area (Å²) < 4.78 is 0.